The van der Waals surface area contributed by atoms with Crippen LogP contribution in [0.15, 0.2) is 54.7 Å². The number of benzene rings is 2. The van der Waals surface area contributed by atoms with Crippen molar-refractivity contribution < 1.29 is 18.3 Å². The quantitative estimate of drug-likeness (QED) is 0.335. The van der Waals surface area contributed by atoms with Crippen LogP contribution in [0.2, 0.25) is 0 Å². The fourth-order valence-corrected chi connectivity index (χ4v) is 5.09. The van der Waals surface area contributed by atoms with E-state index in [-0.39, 0.29) is 29.3 Å². The highest BCUT2D eigenvalue weighted by molar-refractivity contribution is 6.03. The lowest BCUT2D eigenvalue weighted by Gasteiger charge is -2.35. The Morgan fingerprint density at radius 3 is 2.50 bits per heavy atom. The second kappa shape index (κ2) is 9.74. The minimum Gasteiger partial charge on any atom is -0.487 e. The molecule has 8 heteroatoms. The van der Waals surface area contributed by atoms with E-state index in [4.69, 9.17) is 4.74 Å². The molecule has 1 N–H and O–H groups in total. The minimum absolute atomic E-state index is 0.110. The van der Waals surface area contributed by atoms with Gasteiger partial charge in [0.1, 0.15) is 11.5 Å². The van der Waals surface area contributed by atoms with Crippen LogP contribution in [0.3, 0.4) is 0 Å². The van der Waals surface area contributed by atoms with Gasteiger partial charge in [0.25, 0.3) is 5.91 Å². The van der Waals surface area contributed by atoms with Crippen molar-refractivity contribution in [2.45, 2.75) is 38.7 Å². The first-order valence-electron chi connectivity index (χ1n) is 13.2. The van der Waals surface area contributed by atoms with Crippen molar-refractivity contribution in [1.82, 2.24) is 14.9 Å². The summed E-state index contributed by atoms with van der Waals surface area (Å²) in [6.45, 7) is 5.99. The number of nitrogens with zero attached hydrogens (tertiary/aromatic N) is 3. The van der Waals surface area contributed by atoms with E-state index in [0.717, 1.165) is 24.4 Å². The topological polar surface area (TPSA) is 61.5 Å². The summed E-state index contributed by atoms with van der Waals surface area (Å²) in [7, 11) is 0. The molecule has 6 rings (SSSR count). The number of anilines is 1. The van der Waals surface area contributed by atoms with Crippen LogP contribution in [-0.2, 0) is 0 Å². The normalized spacial score (nSPS) is 15.9. The second-order valence-corrected chi connectivity index (χ2v) is 10.4. The number of hydrogen-bond acceptors (Lipinski definition) is 4. The highest BCUT2D eigenvalue weighted by Crippen LogP contribution is 2.37. The zero-order valence-electron chi connectivity index (χ0n) is 21.5. The van der Waals surface area contributed by atoms with Crippen molar-refractivity contribution in [2.24, 2.45) is 0 Å². The second-order valence-electron chi connectivity index (χ2n) is 10.4. The number of H-pyrrole nitrogens is 1. The van der Waals surface area contributed by atoms with Crippen molar-refractivity contribution >= 4 is 22.6 Å². The van der Waals surface area contributed by atoms with Crippen molar-refractivity contribution in [2.75, 3.05) is 31.1 Å². The summed E-state index contributed by atoms with van der Waals surface area (Å²) in [4.78, 5) is 25.0. The molecular weight excluding hydrogens is 486 g/mol. The van der Waals surface area contributed by atoms with Crippen LogP contribution in [0.25, 0.3) is 22.0 Å². The summed E-state index contributed by atoms with van der Waals surface area (Å²) in [5.41, 5.74) is 1.95. The molecule has 1 aliphatic carbocycles. The van der Waals surface area contributed by atoms with E-state index < -0.39 is 5.82 Å². The molecule has 0 radical (unpaired) electrons. The SMILES string of the molecule is CC(C)c1cc(-c2ccccc2F)c2cc(C(=O)N3CCN(c4ncccc4OC4CC4)CC3)[nH]c2c1F. The Hall–Kier alpha value is -3.94. The number of carbonyl (C=O) groups is 1. The van der Waals surface area contributed by atoms with Gasteiger partial charge in [0.15, 0.2) is 17.4 Å². The van der Waals surface area contributed by atoms with Crippen molar-refractivity contribution in [3.63, 3.8) is 0 Å². The number of ether oxygens (including phenoxy) is 1. The van der Waals surface area contributed by atoms with Gasteiger partial charge in [-0.05, 0) is 60.2 Å². The maximum atomic E-state index is 15.5. The van der Waals surface area contributed by atoms with Gasteiger partial charge in [0.2, 0.25) is 0 Å². The third-order valence-corrected chi connectivity index (χ3v) is 7.33. The van der Waals surface area contributed by atoms with Gasteiger partial charge in [-0.25, -0.2) is 13.8 Å². The molecule has 0 bridgehead atoms. The molecule has 1 saturated heterocycles. The number of pyridine rings is 1. The number of aromatic amines is 1. The maximum Gasteiger partial charge on any atom is 0.270 e. The number of fused-ring (bicyclic) bond motifs is 1. The zero-order chi connectivity index (χ0) is 26.4. The molecule has 2 aromatic carbocycles. The molecule has 2 aliphatic rings. The highest BCUT2D eigenvalue weighted by atomic mass is 19.1. The summed E-state index contributed by atoms with van der Waals surface area (Å²) in [6.07, 6.45) is 4.16. The number of aromatic nitrogens is 2. The molecule has 0 unspecified atom stereocenters. The van der Waals surface area contributed by atoms with Gasteiger partial charge in [-0.1, -0.05) is 32.0 Å². The summed E-state index contributed by atoms with van der Waals surface area (Å²) in [5, 5.41) is 0.495. The third kappa shape index (κ3) is 4.48. The molecule has 196 valence electrons. The standard InChI is InChI=1S/C30H30F2N4O2/c1-18(2)21-16-22(20-6-3-4-7-24(20)31)23-17-25(34-28(23)27(21)32)30(37)36-14-12-35(13-15-36)29-26(8-5-11-33-29)38-19-9-10-19/h3-8,11,16-19,34H,9-10,12-15H2,1-2H3. The first-order chi connectivity index (χ1) is 18.4. The Labute approximate surface area is 220 Å². The first kappa shape index (κ1) is 24.4. The van der Waals surface area contributed by atoms with Gasteiger partial charge in [-0.2, -0.15) is 0 Å². The van der Waals surface area contributed by atoms with E-state index >= 15 is 4.39 Å². The average Bonchev–Trinajstić information content (AvgIpc) is 3.63. The Morgan fingerprint density at radius 1 is 1.03 bits per heavy atom. The van der Waals surface area contributed by atoms with Crippen LogP contribution in [0.1, 0.15) is 48.7 Å². The van der Waals surface area contributed by atoms with Crippen molar-refractivity contribution in [3.8, 4) is 16.9 Å². The van der Waals surface area contributed by atoms with Gasteiger partial charge < -0.3 is 19.5 Å². The first-order valence-corrected chi connectivity index (χ1v) is 13.2. The van der Waals surface area contributed by atoms with Crippen LogP contribution in [0, 0.1) is 11.6 Å². The predicted octanol–water partition coefficient (Wildman–Crippen LogP) is 6.14. The average molecular weight is 517 g/mol. The fraction of sp³-hybridized carbons (Fsp3) is 0.333. The van der Waals surface area contributed by atoms with E-state index in [0.29, 0.717) is 53.9 Å². The molecule has 6 nitrogen and oxygen atoms in total. The Morgan fingerprint density at radius 2 is 1.79 bits per heavy atom. The number of carbonyl (C=O) groups excluding carboxylic acids is 1. The van der Waals surface area contributed by atoms with Crippen molar-refractivity contribution in [1.29, 1.82) is 0 Å². The summed E-state index contributed by atoms with van der Waals surface area (Å²) in [5.74, 6) is 0.469. The van der Waals surface area contributed by atoms with Gasteiger partial charge in [0.05, 0.1) is 11.6 Å². The Balaban J connectivity index is 1.28. The predicted molar refractivity (Wildman–Crippen MR) is 144 cm³/mol. The largest absolute Gasteiger partial charge is 0.487 e. The molecule has 2 fully saturated rings. The van der Waals surface area contributed by atoms with Gasteiger partial charge in [0, 0.05) is 43.3 Å². The number of nitrogens with one attached hydrogen (secondary N) is 1. The number of halogens is 2. The minimum atomic E-state index is -0.405. The fourth-order valence-electron chi connectivity index (χ4n) is 5.09. The lowest BCUT2D eigenvalue weighted by Crippen LogP contribution is -2.49. The molecule has 1 saturated carbocycles. The van der Waals surface area contributed by atoms with Gasteiger partial charge >= 0.3 is 0 Å². The number of hydrogen-bond donors (Lipinski definition) is 1. The summed E-state index contributed by atoms with van der Waals surface area (Å²) < 4.78 is 36.3. The van der Waals surface area contributed by atoms with E-state index in [1.54, 1.807) is 41.4 Å². The molecule has 3 heterocycles. The monoisotopic (exact) mass is 516 g/mol. The van der Waals surface area contributed by atoms with Crippen molar-refractivity contribution in [3.05, 3.63) is 77.6 Å². The molecule has 0 atom stereocenters. The molecule has 1 amide bonds. The molecular formula is C30H30F2N4O2. The van der Waals surface area contributed by atoms with Crippen LogP contribution in [-0.4, -0.2) is 53.1 Å². The van der Waals surface area contributed by atoms with E-state index in [2.05, 4.69) is 14.9 Å². The third-order valence-electron chi connectivity index (χ3n) is 7.33. The van der Waals surface area contributed by atoms with E-state index in [1.165, 1.54) is 6.07 Å². The molecule has 1 aliphatic heterocycles. The van der Waals surface area contributed by atoms with E-state index in [1.807, 2.05) is 26.0 Å². The number of amides is 1. The summed E-state index contributed by atoms with van der Waals surface area (Å²) in [6, 6.07) is 13.6. The molecule has 38 heavy (non-hydrogen) atoms. The lowest BCUT2D eigenvalue weighted by molar-refractivity contribution is 0.0741. The van der Waals surface area contributed by atoms with Crippen LogP contribution >= 0.6 is 0 Å². The molecule has 2 aromatic heterocycles. The summed E-state index contributed by atoms with van der Waals surface area (Å²) >= 11 is 0. The van der Waals surface area contributed by atoms with E-state index in [9.17, 15) is 9.18 Å². The Bertz CT molecular complexity index is 1500. The number of rotatable bonds is 6. The molecule has 0 spiro atoms. The Kier molecular flexibility index (Phi) is 6.26. The van der Waals surface area contributed by atoms with Gasteiger partial charge in [-0.3, -0.25) is 4.79 Å². The van der Waals surface area contributed by atoms with Crippen LogP contribution in [0.5, 0.6) is 5.75 Å². The smallest absolute Gasteiger partial charge is 0.270 e. The molecule has 4 aromatic rings. The number of piperazine rings is 1. The van der Waals surface area contributed by atoms with Crippen LogP contribution < -0.4 is 9.64 Å². The zero-order valence-corrected chi connectivity index (χ0v) is 21.5. The van der Waals surface area contributed by atoms with Crippen LogP contribution in [0.4, 0.5) is 14.6 Å². The maximum absolute atomic E-state index is 15.5. The van der Waals surface area contributed by atoms with Gasteiger partial charge in [-0.15, -0.1) is 0 Å². The lowest BCUT2D eigenvalue weighted by atomic mass is 9.93. The highest BCUT2D eigenvalue weighted by Gasteiger charge is 2.29.